The van der Waals surface area contributed by atoms with Crippen LogP contribution in [0.3, 0.4) is 0 Å². The van der Waals surface area contributed by atoms with E-state index in [-0.39, 0.29) is 12.3 Å². The van der Waals surface area contributed by atoms with Gasteiger partial charge in [0, 0.05) is 5.70 Å². The minimum atomic E-state index is -0.490. The molecule has 0 atom stereocenters. The van der Waals surface area contributed by atoms with Crippen LogP contribution >= 0.6 is 0 Å². The quantitative estimate of drug-likeness (QED) is 0.623. The summed E-state index contributed by atoms with van der Waals surface area (Å²) in [6, 6.07) is -0.490. The number of amides is 3. The van der Waals surface area contributed by atoms with Crippen molar-refractivity contribution in [2.75, 3.05) is 0 Å². The monoisotopic (exact) mass is 198 g/mol. The second-order valence-corrected chi connectivity index (χ2v) is 4.78. The van der Waals surface area contributed by atoms with E-state index < -0.39 is 6.03 Å². The topological polar surface area (TPSA) is 58.2 Å². The van der Waals surface area contributed by atoms with Crippen molar-refractivity contribution in [1.29, 1.82) is 0 Å². The van der Waals surface area contributed by atoms with Gasteiger partial charge in [-0.2, -0.15) is 0 Å². The van der Waals surface area contributed by atoms with Crippen LogP contribution in [0.5, 0.6) is 0 Å². The van der Waals surface area contributed by atoms with Crippen molar-refractivity contribution in [2.24, 2.45) is 5.41 Å². The lowest BCUT2D eigenvalue weighted by Crippen LogP contribution is -2.44. The summed E-state index contributed by atoms with van der Waals surface area (Å²) in [5, 5.41) is 4.40. The lowest BCUT2D eigenvalue weighted by molar-refractivity contribution is -0.119. The van der Waals surface area contributed by atoms with Crippen molar-refractivity contribution >= 4 is 11.9 Å². The molecule has 0 spiro atoms. The first-order valence-corrected chi connectivity index (χ1v) is 4.47. The predicted octanol–water partition coefficient (Wildman–Crippen LogP) is 1.78. The van der Waals surface area contributed by atoms with E-state index in [1.54, 1.807) is 0 Å². The van der Waals surface area contributed by atoms with Gasteiger partial charge in [-0.3, -0.25) is 10.1 Å². The Morgan fingerprint density at radius 2 is 1.57 bits per heavy atom. The fraction of sp³-hybridized carbons (Fsp3) is 0.600. The third kappa shape index (κ3) is 8.77. The maximum Gasteiger partial charge on any atom is 0.325 e. The van der Waals surface area contributed by atoms with Crippen LogP contribution in [0.25, 0.3) is 0 Å². The summed E-state index contributed by atoms with van der Waals surface area (Å²) in [4.78, 5) is 20.8. The molecule has 80 valence electrons. The van der Waals surface area contributed by atoms with Gasteiger partial charge in [-0.15, -0.1) is 0 Å². The van der Waals surface area contributed by atoms with E-state index >= 15 is 0 Å². The minimum absolute atomic E-state index is 0.186. The Morgan fingerprint density at radius 3 is 1.86 bits per heavy atom. The fourth-order valence-corrected chi connectivity index (χ4v) is 0.601. The summed E-state index contributed by atoms with van der Waals surface area (Å²) in [7, 11) is 0. The normalized spacial score (nSPS) is 16.4. The first-order chi connectivity index (χ1) is 6.18. The van der Waals surface area contributed by atoms with E-state index in [1.165, 1.54) is 0 Å². The highest BCUT2D eigenvalue weighted by Crippen LogP contribution is 2.08. The number of urea groups is 1. The van der Waals surface area contributed by atoms with Crippen LogP contribution in [0.2, 0.25) is 0 Å². The van der Waals surface area contributed by atoms with E-state index in [0.29, 0.717) is 11.1 Å². The Morgan fingerprint density at radius 1 is 1.14 bits per heavy atom. The van der Waals surface area contributed by atoms with Gasteiger partial charge >= 0.3 is 6.03 Å². The lowest BCUT2D eigenvalue weighted by atomic mass is 10.0. The number of hydrogen-bond acceptors (Lipinski definition) is 2. The van der Waals surface area contributed by atoms with Crippen LogP contribution < -0.4 is 10.6 Å². The van der Waals surface area contributed by atoms with Crippen LogP contribution in [-0.2, 0) is 4.79 Å². The van der Waals surface area contributed by atoms with Crippen molar-refractivity contribution in [3.05, 3.63) is 12.3 Å². The highest BCUT2D eigenvalue weighted by molar-refractivity contribution is 5.98. The summed E-state index contributed by atoms with van der Waals surface area (Å²) in [6.45, 7) is 12.2. The molecule has 0 aromatic rings. The second-order valence-electron chi connectivity index (χ2n) is 4.78. The molecule has 1 saturated heterocycles. The highest BCUT2D eigenvalue weighted by Gasteiger charge is 2.15. The molecule has 1 rings (SSSR count). The molecule has 0 radical (unpaired) electrons. The zero-order valence-corrected chi connectivity index (χ0v) is 9.23. The summed E-state index contributed by atoms with van der Waals surface area (Å²) < 4.78 is 0. The van der Waals surface area contributed by atoms with Crippen LogP contribution in [0.15, 0.2) is 12.3 Å². The van der Waals surface area contributed by atoms with Crippen molar-refractivity contribution in [3.8, 4) is 0 Å². The molecule has 0 unspecified atom stereocenters. The molecule has 0 aromatic carbocycles. The molecule has 2 N–H and O–H groups in total. The number of carbonyl (C=O) groups is 2. The maximum atomic E-state index is 10.5. The molecule has 0 saturated carbocycles. The predicted molar refractivity (Wildman–Crippen MR) is 55.6 cm³/mol. The van der Waals surface area contributed by atoms with Gasteiger partial charge in [-0.05, 0) is 5.41 Å². The molecule has 3 amide bonds. The van der Waals surface area contributed by atoms with Gasteiger partial charge in [-0.1, -0.05) is 34.3 Å². The Hall–Kier alpha value is -1.32. The average Bonchev–Trinajstić information content (AvgIpc) is 1.77. The fourth-order valence-electron chi connectivity index (χ4n) is 0.601. The van der Waals surface area contributed by atoms with Crippen molar-refractivity contribution in [3.63, 3.8) is 0 Å². The first kappa shape index (κ1) is 12.7. The molecule has 4 heteroatoms. The number of imide groups is 1. The summed E-state index contributed by atoms with van der Waals surface area (Å²) >= 11 is 0. The molecule has 1 aliphatic heterocycles. The maximum absolute atomic E-state index is 10.5. The van der Waals surface area contributed by atoms with Gasteiger partial charge in [0.05, 0.1) is 6.42 Å². The number of hydrogen-bond donors (Lipinski definition) is 2. The smallest absolute Gasteiger partial charge is 0.312 e. The molecule has 0 aromatic heterocycles. The van der Waals surface area contributed by atoms with Gasteiger partial charge in [-0.25, -0.2) is 4.79 Å². The number of rotatable bonds is 0. The minimum Gasteiger partial charge on any atom is -0.312 e. The Kier molecular flexibility index (Phi) is 4.34. The van der Waals surface area contributed by atoms with Crippen LogP contribution in [0, 0.1) is 5.41 Å². The van der Waals surface area contributed by atoms with Gasteiger partial charge in [0.1, 0.15) is 0 Å². The summed E-state index contributed by atoms with van der Waals surface area (Å²) in [5.74, 6) is -0.302. The third-order valence-corrected chi connectivity index (χ3v) is 0.917. The Labute approximate surface area is 84.8 Å². The van der Waals surface area contributed by atoms with Crippen molar-refractivity contribution in [2.45, 2.75) is 34.1 Å². The molecular weight excluding hydrogens is 180 g/mol. The number of nitrogens with one attached hydrogen (secondary N) is 2. The molecule has 14 heavy (non-hydrogen) atoms. The van der Waals surface area contributed by atoms with E-state index in [4.69, 9.17) is 0 Å². The molecule has 1 fully saturated rings. The van der Waals surface area contributed by atoms with Crippen molar-refractivity contribution in [1.82, 2.24) is 10.6 Å². The molecular formula is C10H18N2O2. The first-order valence-electron chi connectivity index (χ1n) is 4.47. The van der Waals surface area contributed by atoms with Gasteiger partial charge in [0.25, 0.3) is 0 Å². The van der Waals surface area contributed by atoms with E-state index in [9.17, 15) is 9.59 Å². The Balaban J connectivity index is 0.000000292. The van der Waals surface area contributed by atoms with Crippen LogP contribution in [-0.4, -0.2) is 11.9 Å². The van der Waals surface area contributed by atoms with E-state index in [1.807, 2.05) is 0 Å². The third-order valence-electron chi connectivity index (χ3n) is 0.917. The van der Waals surface area contributed by atoms with Crippen molar-refractivity contribution < 1.29 is 9.59 Å². The average molecular weight is 198 g/mol. The van der Waals surface area contributed by atoms with Crippen LogP contribution in [0.1, 0.15) is 34.1 Å². The molecule has 4 nitrogen and oxygen atoms in total. The zero-order valence-electron chi connectivity index (χ0n) is 9.23. The zero-order chi connectivity index (χ0) is 11.4. The standard InChI is InChI=1S/C5H6N2O2.C5H12/c1-3-2-4(8)7-5(9)6-3;1-5(2,3)4/h1-2H2,(H2,6,7,8,9);1-4H3. The second kappa shape index (κ2) is 4.79. The number of carbonyl (C=O) groups excluding carboxylic acids is 2. The van der Waals surface area contributed by atoms with Crippen LogP contribution in [0.4, 0.5) is 4.79 Å². The van der Waals surface area contributed by atoms with E-state index in [2.05, 4.69) is 44.9 Å². The molecule has 0 aliphatic carbocycles. The largest absolute Gasteiger partial charge is 0.325 e. The summed E-state index contributed by atoms with van der Waals surface area (Å²) in [5.41, 5.74) is 0.948. The molecule has 1 heterocycles. The molecule has 1 aliphatic rings. The molecule has 0 bridgehead atoms. The van der Waals surface area contributed by atoms with Gasteiger partial charge < -0.3 is 5.32 Å². The SMILES string of the molecule is C=C1CC(=O)NC(=O)N1.CC(C)(C)C. The van der Waals surface area contributed by atoms with Gasteiger partial charge in [0.15, 0.2) is 0 Å². The summed E-state index contributed by atoms with van der Waals surface area (Å²) in [6.07, 6.45) is 0.186. The lowest BCUT2D eigenvalue weighted by Gasteiger charge is -2.13. The van der Waals surface area contributed by atoms with Gasteiger partial charge in [0.2, 0.25) is 5.91 Å². The highest BCUT2D eigenvalue weighted by atomic mass is 16.2. The Bertz CT molecular complexity index is 200. The van der Waals surface area contributed by atoms with E-state index in [0.717, 1.165) is 0 Å².